The van der Waals surface area contributed by atoms with Crippen molar-refractivity contribution in [2.24, 2.45) is 0 Å². The number of benzene rings is 1. The summed E-state index contributed by atoms with van der Waals surface area (Å²) in [5, 5.41) is 0. The summed E-state index contributed by atoms with van der Waals surface area (Å²) in [4.78, 5) is 14.2. The number of carbonyl (C=O) groups is 1. The average molecular weight is 303 g/mol. The van der Waals surface area contributed by atoms with Gasteiger partial charge in [-0.15, -0.1) is 0 Å². The summed E-state index contributed by atoms with van der Waals surface area (Å²) in [6.45, 7) is 5.00. The van der Waals surface area contributed by atoms with Crippen molar-refractivity contribution in [2.75, 3.05) is 26.7 Å². The number of carbonyl (C=O) groups excluding carboxylic acids is 1. The third kappa shape index (κ3) is 5.53. The molecule has 0 N–H and O–H groups in total. The lowest BCUT2D eigenvalue weighted by Crippen LogP contribution is -2.36. The van der Waals surface area contributed by atoms with Crippen LogP contribution >= 0.6 is 0 Å². The molecule has 0 aromatic heterocycles. The molecule has 1 heterocycles. The maximum absolute atomic E-state index is 11.8. The average Bonchev–Trinajstić information content (AvgIpc) is 2.54. The minimum Gasteiger partial charge on any atom is -0.497 e. The zero-order valence-corrected chi connectivity index (χ0v) is 13.5. The molecule has 0 bridgehead atoms. The predicted octanol–water partition coefficient (Wildman–Crippen LogP) is 3.13. The summed E-state index contributed by atoms with van der Waals surface area (Å²) in [7, 11) is 1.63. The van der Waals surface area contributed by atoms with Gasteiger partial charge in [-0.05, 0) is 56.6 Å². The number of esters is 1. The van der Waals surface area contributed by atoms with Crippen LogP contribution < -0.4 is 4.74 Å². The highest BCUT2D eigenvalue weighted by Crippen LogP contribution is 2.13. The van der Waals surface area contributed by atoms with E-state index in [9.17, 15) is 4.79 Å². The Morgan fingerprint density at radius 1 is 1.23 bits per heavy atom. The van der Waals surface area contributed by atoms with Crippen LogP contribution in [0.2, 0.25) is 0 Å². The first-order chi connectivity index (χ1) is 10.7. The van der Waals surface area contributed by atoms with Crippen molar-refractivity contribution in [3.8, 4) is 5.75 Å². The lowest BCUT2D eigenvalue weighted by Gasteiger charge is -2.28. The number of ether oxygens (including phenoxy) is 2. The molecule has 1 aromatic rings. The van der Waals surface area contributed by atoms with Gasteiger partial charge in [0.05, 0.1) is 7.11 Å². The van der Waals surface area contributed by atoms with Gasteiger partial charge in [0.2, 0.25) is 0 Å². The molecule has 4 nitrogen and oxygen atoms in total. The van der Waals surface area contributed by atoms with Crippen molar-refractivity contribution in [3.05, 3.63) is 35.9 Å². The van der Waals surface area contributed by atoms with Gasteiger partial charge in [0, 0.05) is 12.6 Å². The lowest BCUT2D eigenvalue weighted by molar-refractivity contribution is -0.143. The van der Waals surface area contributed by atoms with Crippen LogP contribution in [0.25, 0.3) is 6.08 Å². The molecule has 1 aliphatic heterocycles. The van der Waals surface area contributed by atoms with E-state index in [4.69, 9.17) is 9.47 Å². The molecule has 22 heavy (non-hydrogen) atoms. The molecule has 0 spiro atoms. The lowest BCUT2D eigenvalue weighted by atomic mass is 10.1. The molecule has 1 saturated heterocycles. The minimum atomic E-state index is -0.291. The van der Waals surface area contributed by atoms with Gasteiger partial charge in [0.15, 0.2) is 0 Å². The number of rotatable bonds is 6. The van der Waals surface area contributed by atoms with E-state index in [0.29, 0.717) is 0 Å². The second kappa shape index (κ2) is 8.59. The van der Waals surface area contributed by atoms with Gasteiger partial charge in [-0.1, -0.05) is 18.6 Å². The Morgan fingerprint density at radius 3 is 2.55 bits per heavy atom. The standard InChI is InChI=1S/C18H25NO3/c1-15(14-19-12-4-3-5-13-19)22-18(20)11-8-16-6-9-17(21-2)10-7-16/h6-11,15H,3-5,12-14H2,1-2H3/b11-8+/t15-/m1/s1. The molecular weight excluding hydrogens is 278 g/mol. The van der Waals surface area contributed by atoms with Gasteiger partial charge >= 0.3 is 5.97 Å². The Bertz CT molecular complexity index is 490. The number of hydrogen-bond acceptors (Lipinski definition) is 4. The molecule has 1 aromatic carbocycles. The fraction of sp³-hybridized carbons (Fsp3) is 0.500. The third-order valence-electron chi connectivity index (χ3n) is 3.81. The van der Waals surface area contributed by atoms with E-state index >= 15 is 0 Å². The SMILES string of the molecule is COc1ccc(/C=C/C(=O)O[C@H](C)CN2CCCCC2)cc1. The molecule has 2 rings (SSSR count). The molecule has 120 valence electrons. The van der Waals surface area contributed by atoms with E-state index in [1.54, 1.807) is 13.2 Å². The highest BCUT2D eigenvalue weighted by molar-refractivity contribution is 5.87. The van der Waals surface area contributed by atoms with Gasteiger partial charge in [-0.2, -0.15) is 0 Å². The van der Waals surface area contributed by atoms with Crippen LogP contribution in [0.3, 0.4) is 0 Å². The normalized spacial score (nSPS) is 17.4. The van der Waals surface area contributed by atoms with Gasteiger partial charge in [-0.3, -0.25) is 4.90 Å². The van der Waals surface area contributed by atoms with Crippen LogP contribution in [0.5, 0.6) is 5.75 Å². The monoisotopic (exact) mass is 303 g/mol. The smallest absolute Gasteiger partial charge is 0.331 e. The topological polar surface area (TPSA) is 38.8 Å². The maximum Gasteiger partial charge on any atom is 0.331 e. The maximum atomic E-state index is 11.8. The summed E-state index contributed by atoms with van der Waals surface area (Å²) in [5.74, 6) is 0.509. The van der Waals surface area contributed by atoms with Crippen LogP contribution in [0.4, 0.5) is 0 Å². The summed E-state index contributed by atoms with van der Waals surface area (Å²) < 4.78 is 10.5. The van der Waals surface area contributed by atoms with Gasteiger partial charge in [-0.25, -0.2) is 4.79 Å². The second-order valence-corrected chi connectivity index (χ2v) is 5.72. The molecule has 0 unspecified atom stereocenters. The van der Waals surface area contributed by atoms with Crippen LogP contribution in [0.1, 0.15) is 31.7 Å². The molecule has 1 atom stereocenters. The highest BCUT2D eigenvalue weighted by Gasteiger charge is 2.15. The van der Waals surface area contributed by atoms with E-state index in [-0.39, 0.29) is 12.1 Å². The fourth-order valence-electron chi connectivity index (χ4n) is 2.66. The van der Waals surface area contributed by atoms with E-state index < -0.39 is 0 Å². The van der Waals surface area contributed by atoms with Crippen molar-refractivity contribution in [1.29, 1.82) is 0 Å². The van der Waals surface area contributed by atoms with Crippen molar-refractivity contribution in [1.82, 2.24) is 4.90 Å². The van der Waals surface area contributed by atoms with E-state index in [2.05, 4.69) is 4.90 Å². The fourth-order valence-corrected chi connectivity index (χ4v) is 2.66. The van der Waals surface area contributed by atoms with Crippen molar-refractivity contribution >= 4 is 12.0 Å². The molecule has 0 amide bonds. The Morgan fingerprint density at radius 2 is 1.91 bits per heavy atom. The van der Waals surface area contributed by atoms with Gasteiger partial charge < -0.3 is 9.47 Å². The minimum absolute atomic E-state index is 0.0777. The van der Waals surface area contributed by atoms with Crippen LogP contribution in [-0.2, 0) is 9.53 Å². The van der Waals surface area contributed by atoms with E-state index in [0.717, 1.165) is 30.9 Å². The summed E-state index contributed by atoms with van der Waals surface area (Å²) in [5.41, 5.74) is 0.946. The van der Waals surface area contributed by atoms with Crippen LogP contribution in [0.15, 0.2) is 30.3 Å². The number of nitrogens with zero attached hydrogens (tertiary/aromatic N) is 1. The second-order valence-electron chi connectivity index (χ2n) is 5.72. The first-order valence-corrected chi connectivity index (χ1v) is 7.92. The molecule has 0 aliphatic carbocycles. The molecule has 1 fully saturated rings. The number of methoxy groups -OCH3 is 1. The molecule has 0 saturated carbocycles. The largest absolute Gasteiger partial charge is 0.497 e. The first kappa shape index (κ1) is 16.6. The third-order valence-corrected chi connectivity index (χ3v) is 3.81. The Labute approximate surface area is 132 Å². The first-order valence-electron chi connectivity index (χ1n) is 7.92. The van der Waals surface area contributed by atoms with Crippen molar-refractivity contribution < 1.29 is 14.3 Å². The quantitative estimate of drug-likeness (QED) is 0.598. The molecule has 0 radical (unpaired) electrons. The number of hydrogen-bond donors (Lipinski definition) is 0. The summed E-state index contributed by atoms with van der Waals surface area (Å²) in [6, 6.07) is 7.54. The highest BCUT2D eigenvalue weighted by atomic mass is 16.5. The molecule has 4 heteroatoms. The number of likely N-dealkylation sites (tertiary alicyclic amines) is 1. The van der Waals surface area contributed by atoms with Crippen LogP contribution in [0, 0.1) is 0 Å². The van der Waals surface area contributed by atoms with E-state index in [1.165, 1.54) is 25.3 Å². The number of piperidine rings is 1. The van der Waals surface area contributed by atoms with E-state index in [1.807, 2.05) is 31.2 Å². The Hall–Kier alpha value is -1.81. The zero-order chi connectivity index (χ0) is 15.8. The molecular formula is C18H25NO3. The molecule has 1 aliphatic rings. The van der Waals surface area contributed by atoms with Gasteiger partial charge in [0.25, 0.3) is 0 Å². The van der Waals surface area contributed by atoms with Gasteiger partial charge in [0.1, 0.15) is 11.9 Å². The summed E-state index contributed by atoms with van der Waals surface area (Å²) in [6.07, 6.45) is 6.97. The zero-order valence-electron chi connectivity index (χ0n) is 13.5. The van der Waals surface area contributed by atoms with Crippen molar-refractivity contribution in [2.45, 2.75) is 32.3 Å². The van der Waals surface area contributed by atoms with Crippen LogP contribution in [-0.4, -0.2) is 43.7 Å². The Kier molecular flexibility index (Phi) is 6.46. The summed E-state index contributed by atoms with van der Waals surface area (Å²) >= 11 is 0. The van der Waals surface area contributed by atoms with Crippen molar-refractivity contribution in [3.63, 3.8) is 0 Å². The Balaban J connectivity index is 1.76. The predicted molar refractivity (Wildman–Crippen MR) is 87.9 cm³/mol.